The van der Waals surface area contributed by atoms with E-state index in [1.807, 2.05) is 54.6 Å². The summed E-state index contributed by atoms with van der Waals surface area (Å²) in [6, 6.07) is 18.8. The maximum Gasteiger partial charge on any atom is 0.349 e. The Hall–Kier alpha value is -3.32. The Bertz CT molecular complexity index is 1050. The number of nitrogens with one attached hydrogen (secondary N) is 1. The first-order chi connectivity index (χ1) is 14.6. The SMILES string of the molecule is CC(OC(=O)c1ccc(-c2ccc3c(c2)OCCO3)s1)C(=O)NCc1ccccc1. The zero-order chi connectivity index (χ0) is 20.9. The number of hydrogen-bond donors (Lipinski definition) is 1. The lowest BCUT2D eigenvalue weighted by molar-refractivity contribution is -0.129. The molecule has 1 N–H and O–H groups in total. The first-order valence-corrected chi connectivity index (χ1v) is 10.4. The summed E-state index contributed by atoms with van der Waals surface area (Å²) in [5, 5.41) is 2.78. The van der Waals surface area contributed by atoms with Crippen molar-refractivity contribution in [1.29, 1.82) is 0 Å². The number of ether oxygens (including phenoxy) is 3. The zero-order valence-corrected chi connectivity index (χ0v) is 17.2. The molecule has 3 aromatic rings. The normalized spacial score (nSPS) is 13.4. The van der Waals surface area contributed by atoms with Gasteiger partial charge in [0.2, 0.25) is 0 Å². The fourth-order valence-electron chi connectivity index (χ4n) is 3.00. The van der Waals surface area contributed by atoms with Crippen molar-refractivity contribution in [2.45, 2.75) is 19.6 Å². The first kappa shape index (κ1) is 20.0. The van der Waals surface area contributed by atoms with Gasteiger partial charge in [-0.1, -0.05) is 30.3 Å². The third-order valence-electron chi connectivity index (χ3n) is 4.60. The van der Waals surface area contributed by atoms with Gasteiger partial charge in [0.25, 0.3) is 5.91 Å². The lowest BCUT2D eigenvalue weighted by atomic mass is 10.1. The molecule has 0 bridgehead atoms. The number of rotatable bonds is 6. The Balaban J connectivity index is 1.36. The molecule has 2 heterocycles. The predicted octanol–water partition coefficient (Wildman–Crippen LogP) is 4.05. The molecule has 0 radical (unpaired) electrons. The molecular formula is C23H21NO5S. The summed E-state index contributed by atoms with van der Waals surface area (Å²) in [4.78, 5) is 26.0. The fraction of sp³-hybridized carbons (Fsp3) is 0.217. The Morgan fingerprint density at radius 2 is 1.80 bits per heavy atom. The molecule has 1 aromatic heterocycles. The van der Waals surface area contributed by atoms with Gasteiger partial charge in [-0.05, 0) is 48.4 Å². The van der Waals surface area contributed by atoms with Gasteiger partial charge in [-0.3, -0.25) is 4.79 Å². The minimum absolute atomic E-state index is 0.337. The van der Waals surface area contributed by atoms with Crippen molar-refractivity contribution in [2.75, 3.05) is 13.2 Å². The summed E-state index contributed by atoms with van der Waals surface area (Å²) in [6.07, 6.45) is -0.888. The molecule has 1 amide bonds. The van der Waals surface area contributed by atoms with E-state index in [0.29, 0.717) is 30.4 Å². The van der Waals surface area contributed by atoms with Crippen LogP contribution in [-0.2, 0) is 16.1 Å². The van der Waals surface area contributed by atoms with E-state index >= 15 is 0 Å². The molecule has 1 unspecified atom stereocenters. The van der Waals surface area contributed by atoms with Crippen LogP contribution in [0, 0.1) is 0 Å². The summed E-state index contributed by atoms with van der Waals surface area (Å²) in [5.41, 5.74) is 1.91. The highest BCUT2D eigenvalue weighted by atomic mass is 32.1. The number of hydrogen-bond acceptors (Lipinski definition) is 6. The highest BCUT2D eigenvalue weighted by Gasteiger charge is 2.21. The minimum atomic E-state index is -0.888. The zero-order valence-electron chi connectivity index (χ0n) is 16.4. The number of esters is 1. The minimum Gasteiger partial charge on any atom is -0.486 e. The van der Waals surface area contributed by atoms with E-state index in [4.69, 9.17) is 14.2 Å². The maximum atomic E-state index is 12.5. The van der Waals surface area contributed by atoms with Crippen molar-refractivity contribution in [3.8, 4) is 21.9 Å². The van der Waals surface area contributed by atoms with Crippen molar-refractivity contribution in [2.24, 2.45) is 0 Å². The van der Waals surface area contributed by atoms with Crippen molar-refractivity contribution in [3.05, 3.63) is 71.1 Å². The third-order valence-corrected chi connectivity index (χ3v) is 5.71. The smallest absolute Gasteiger partial charge is 0.349 e. The summed E-state index contributed by atoms with van der Waals surface area (Å²) in [5.74, 6) is 0.554. The second-order valence-electron chi connectivity index (χ2n) is 6.77. The summed E-state index contributed by atoms with van der Waals surface area (Å²) >= 11 is 1.31. The molecule has 0 fully saturated rings. The van der Waals surface area contributed by atoms with E-state index in [9.17, 15) is 9.59 Å². The van der Waals surface area contributed by atoms with Crippen molar-refractivity contribution in [3.63, 3.8) is 0 Å². The van der Waals surface area contributed by atoms with Gasteiger partial charge in [0, 0.05) is 11.4 Å². The van der Waals surface area contributed by atoms with Crippen molar-refractivity contribution < 1.29 is 23.8 Å². The first-order valence-electron chi connectivity index (χ1n) is 9.62. The number of amides is 1. The van der Waals surface area contributed by atoms with Crippen LogP contribution >= 0.6 is 11.3 Å². The summed E-state index contributed by atoms with van der Waals surface area (Å²) in [6.45, 7) is 3.00. The second kappa shape index (κ2) is 9.00. The third kappa shape index (κ3) is 4.63. The van der Waals surface area contributed by atoms with Crippen LogP contribution in [0.2, 0.25) is 0 Å². The average Bonchev–Trinajstić information content (AvgIpc) is 3.28. The van der Waals surface area contributed by atoms with Gasteiger partial charge in [-0.2, -0.15) is 0 Å². The summed E-state index contributed by atoms with van der Waals surface area (Å²) < 4.78 is 16.5. The van der Waals surface area contributed by atoms with Crippen LogP contribution in [0.15, 0.2) is 60.7 Å². The van der Waals surface area contributed by atoms with Gasteiger partial charge >= 0.3 is 5.97 Å². The Kier molecular flexibility index (Phi) is 5.99. The van der Waals surface area contributed by atoms with E-state index in [0.717, 1.165) is 21.8 Å². The van der Waals surface area contributed by atoms with E-state index in [1.165, 1.54) is 11.3 Å². The van der Waals surface area contributed by atoms with Crippen molar-refractivity contribution in [1.82, 2.24) is 5.32 Å². The predicted molar refractivity (Wildman–Crippen MR) is 114 cm³/mol. The molecule has 0 spiro atoms. The molecule has 0 aliphatic carbocycles. The van der Waals surface area contributed by atoms with Crippen LogP contribution in [0.4, 0.5) is 0 Å². The maximum absolute atomic E-state index is 12.5. The molecule has 6 nitrogen and oxygen atoms in total. The highest BCUT2D eigenvalue weighted by molar-refractivity contribution is 7.17. The van der Waals surface area contributed by atoms with Gasteiger partial charge < -0.3 is 19.5 Å². The highest BCUT2D eigenvalue weighted by Crippen LogP contribution is 2.37. The fourth-order valence-corrected chi connectivity index (χ4v) is 3.89. The van der Waals surface area contributed by atoms with Crippen LogP contribution in [0.25, 0.3) is 10.4 Å². The van der Waals surface area contributed by atoms with Crippen LogP contribution < -0.4 is 14.8 Å². The number of thiophene rings is 1. The lowest BCUT2D eigenvalue weighted by Gasteiger charge is -2.18. The molecule has 7 heteroatoms. The van der Waals surface area contributed by atoms with Gasteiger partial charge in [0.1, 0.15) is 18.1 Å². The van der Waals surface area contributed by atoms with E-state index in [2.05, 4.69) is 5.32 Å². The number of fused-ring (bicyclic) bond motifs is 1. The van der Waals surface area contributed by atoms with Crippen LogP contribution in [0.5, 0.6) is 11.5 Å². The summed E-state index contributed by atoms with van der Waals surface area (Å²) in [7, 11) is 0. The van der Waals surface area contributed by atoms with E-state index in [1.54, 1.807) is 13.0 Å². The number of benzene rings is 2. The van der Waals surface area contributed by atoms with Crippen LogP contribution in [0.3, 0.4) is 0 Å². The molecular weight excluding hydrogens is 402 g/mol. The van der Waals surface area contributed by atoms with Crippen molar-refractivity contribution >= 4 is 23.2 Å². The standard InChI is InChI=1S/C23H21NO5S/c1-15(22(25)24-14-16-5-3-2-4-6-16)29-23(26)21-10-9-20(30-21)17-7-8-18-19(13-17)28-12-11-27-18/h2-10,13,15H,11-12,14H2,1H3,(H,24,25). The Morgan fingerprint density at radius 3 is 2.60 bits per heavy atom. The Morgan fingerprint density at radius 1 is 1.03 bits per heavy atom. The molecule has 1 aliphatic heterocycles. The number of carbonyl (C=O) groups is 2. The molecule has 4 rings (SSSR count). The van der Waals surface area contributed by atoms with Gasteiger partial charge in [-0.25, -0.2) is 4.79 Å². The van der Waals surface area contributed by atoms with Crippen LogP contribution in [-0.4, -0.2) is 31.2 Å². The molecule has 1 aliphatic rings. The second-order valence-corrected chi connectivity index (χ2v) is 7.86. The number of carbonyl (C=O) groups excluding carboxylic acids is 2. The lowest BCUT2D eigenvalue weighted by Crippen LogP contribution is -2.35. The molecule has 0 saturated carbocycles. The largest absolute Gasteiger partial charge is 0.486 e. The molecule has 30 heavy (non-hydrogen) atoms. The topological polar surface area (TPSA) is 73.9 Å². The molecule has 0 saturated heterocycles. The quantitative estimate of drug-likeness (QED) is 0.606. The Labute approximate surface area is 178 Å². The molecule has 1 atom stereocenters. The molecule has 154 valence electrons. The molecule has 2 aromatic carbocycles. The van der Waals surface area contributed by atoms with E-state index < -0.39 is 12.1 Å². The monoisotopic (exact) mass is 423 g/mol. The average molecular weight is 423 g/mol. The van der Waals surface area contributed by atoms with Crippen LogP contribution in [0.1, 0.15) is 22.2 Å². The van der Waals surface area contributed by atoms with Gasteiger partial charge in [0.05, 0.1) is 0 Å². The van der Waals surface area contributed by atoms with Gasteiger partial charge in [-0.15, -0.1) is 11.3 Å². The van der Waals surface area contributed by atoms with Gasteiger partial charge in [0.15, 0.2) is 17.6 Å². The van der Waals surface area contributed by atoms with E-state index in [-0.39, 0.29) is 5.91 Å².